The molecule has 1 aromatic rings. The van der Waals surface area contributed by atoms with Gasteiger partial charge in [-0.1, -0.05) is 22.0 Å². The Hall–Kier alpha value is -0.580. The van der Waals surface area contributed by atoms with Crippen LogP contribution in [0.15, 0.2) is 28.7 Å². The van der Waals surface area contributed by atoms with Crippen LogP contribution < -0.4 is 5.32 Å². The summed E-state index contributed by atoms with van der Waals surface area (Å²) in [6.07, 6.45) is 5.33. The van der Waals surface area contributed by atoms with Crippen LogP contribution in [0.25, 0.3) is 0 Å². The largest absolute Gasteiger partial charge is 0.383 e. The molecule has 19 heavy (non-hydrogen) atoms. The Kier molecular flexibility index (Phi) is 6.14. The Balaban J connectivity index is 1.64. The third kappa shape index (κ3) is 5.13. The van der Waals surface area contributed by atoms with Crippen molar-refractivity contribution in [3.05, 3.63) is 28.7 Å². The highest BCUT2D eigenvalue weighted by Crippen LogP contribution is 2.23. The zero-order chi connectivity index (χ0) is 13.5. The Morgan fingerprint density at radius 3 is 2.95 bits per heavy atom. The standard InChI is InChI=1S/C15H22BrNO2/c1-18-14-6-3-7-15(11-14)19-9-8-17-13-5-2-4-12(16)10-13/h2,4-5,10,14-15,17H,3,6-9,11H2,1H3. The number of nitrogens with one attached hydrogen (secondary N) is 1. The number of rotatable bonds is 6. The van der Waals surface area contributed by atoms with Gasteiger partial charge in [-0.05, 0) is 43.9 Å². The fourth-order valence-corrected chi connectivity index (χ4v) is 2.89. The lowest BCUT2D eigenvalue weighted by Crippen LogP contribution is -2.28. The molecule has 2 atom stereocenters. The van der Waals surface area contributed by atoms with E-state index in [0.717, 1.165) is 36.2 Å². The number of methoxy groups -OCH3 is 1. The first kappa shape index (κ1) is 14.8. The SMILES string of the molecule is COC1CCCC(OCCNc2cccc(Br)c2)C1. The smallest absolute Gasteiger partial charge is 0.0642 e. The minimum atomic E-state index is 0.364. The number of hydrogen-bond acceptors (Lipinski definition) is 3. The molecule has 1 saturated carbocycles. The van der Waals surface area contributed by atoms with E-state index >= 15 is 0 Å². The lowest BCUT2D eigenvalue weighted by Gasteiger charge is -2.28. The van der Waals surface area contributed by atoms with E-state index in [0.29, 0.717) is 12.2 Å². The predicted molar refractivity (Wildman–Crippen MR) is 81.6 cm³/mol. The van der Waals surface area contributed by atoms with Gasteiger partial charge >= 0.3 is 0 Å². The predicted octanol–water partition coefficient (Wildman–Crippen LogP) is 3.84. The first-order valence-electron chi connectivity index (χ1n) is 6.92. The molecule has 1 aliphatic rings. The molecule has 0 heterocycles. The summed E-state index contributed by atoms with van der Waals surface area (Å²) in [7, 11) is 1.79. The van der Waals surface area contributed by atoms with Gasteiger partial charge in [-0.3, -0.25) is 0 Å². The van der Waals surface area contributed by atoms with Crippen LogP contribution in [0, 0.1) is 0 Å². The van der Waals surface area contributed by atoms with E-state index in [1.165, 1.54) is 12.8 Å². The highest BCUT2D eigenvalue weighted by Gasteiger charge is 2.21. The summed E-state index contributed by atoms with van der Waals surface area (Å²) in [6.45, 7) is 1.58. The number of halogens is 1. The van der Waals surface area contributed by atoms with Crippen LogP contribution in [0.3, 0.4) is 0 Å². The van der Waals surface area contributed by atoms with Gasteiger partial charge in [-0.25, -0.2) is 0 Å². The third-order valence-corrected chi connectivity index (χ3v) is 4.01. The van der Waals surface area contributed by atoms with Crippen LogP contribution in [-0.2, 0) is 9.47 Å². The molecule has 2 rings (SSSR count). The summed E-state index contributed by atoms with van der Waals surface area (Å²) in [5.41, 5.74) is 1.12. The van der Waals surface area contributed by atoms with Crippen LogP contribution in [0.1, 0.15) is 25.7 Å². The molecule has 1 N–H and O–H groups in total. The lowest BCUT2D eigenvalue weighted by atomic mass is 9.95. The Morgan fingerprint density at radius 1 is 1.32 bits per heavy atom. The monoisotopic (exact) mass is 327 g/mol. The van der Waals surface area contributed by atoms with Crippen LogP contribution >= 0.6 is 15.9 Å². The summed E-state index contributed by atoms with van der Waals surface area (Å²) in [5.74, 6) is 0. The molecule has 0 aromatic heterocycles. The van der Waals surface area contributed by atoms with Crippen molar-refractivity contribution in [2.45, 2.75) is 37.9 Å². The summed E-state index contributed by atoms with van der Waals surface area (Å²) in [5, 5.41) is 3.36. The average molecular weight is 328 g/mol. The zero-order valence-electron chi connectivity index (χ0n) is 11.4. The molecule has 3 nitrogen and oxygen atoms in total. The molecule has 2 unspecified atom stereocenters. The number of benzene rings is 1. The first-order valence-corrected chi connectivity index (χ1v) is 7.71. The second-order valence-corrected chi connectivity index (χ2v) is 5.87. The maximum absolute atomic E-state index is 5.91. The highest BCUT2D eigenvalue weighted by atomic mass is 79.9. The molecule has 1 aliphatic carbocycles. The van der Waals surface area contributed by atoms with Crippen molar-refractivity contribution in [1.82, 2.24) is 0 Å². The molecule has 0 amide bonds. The Bertz CT molecular complexity index is 386. The van der Waals surface area contributed by atoms with Crippen molar-refractivity contribution in [2.24, 2.45) is 0 Å². The normalized spacial score (nSPS) is 23.3. The molecule has 1 fully saturated rings. The van der Waals surface area contributed by atoms with Crippen molar-refractivity contribution >= 4 is 21.6 Å². The van der Waals surface area contributed by atoms with Crippen molar-refractivity contribution in [1.29, 1.82) is 0 Å². The average Bonchev–Trinajstić information content (AvgIpc) is 2.44. The number of hydrogen-bond donors (Lipinski definition) is 1. The van der Waals surface area contributed by atoms with Gasteiger partial charge in [0.2, 0.25) is 0 Å². The van der Waals surface area contributed by atoms with Crippen molar-refractivity contribution < 1.29 is 9.47 Å². The van der Waals surface area contributed by atoms with Gasteiger partial charge in [0, 0.05) is 23.8 Å². The maximum Gasteiger partial charge on any atom is 0.0642 e. The molecule has 0 aliphatic heterocycles. The summed E-state index contributed by atoms with van der Waals surface area (Å²) >= 11 is 3.46. The minimum Gasteiger partial charge on any atom is -0.383 e. The lowest BCUT2D eigenvalue weighted by molar-refractivity contribution is -0.0261. The summed E-state index contributed by atoms with van der Waals surface area (Å²) < 4.78 is 12.4. The first-order chi connectivity index (χ1) is 9.28. The Labute approximate surface area is 123 Å². The molecule has 4 heteroatoms. The van der Waals surface area contributed by atoms with Gasteiger partial charge in [0.1, 0.15) is 0 Å². The summed E-state index contributed by atoms with van der Waals surface area (Å²) in [6, 6.07) is 8.18. The molecule has 106 valence electrons. The van der Waals surface area contributed by atoms with Crippen molar-refractivity contribution in [3.63, 3.8) is 0 Å². The molecular formula is C15H22BrNO2. The second kappa shape index (κ2) is 7.88. The van der Waals surface area contributed by atoms with Crippen molar-refractivity contribution in [2.75, 3.05) is 25.6 Å². The van der Waals surface area contributed by atoms with E-state index in [9.17, 15) is 0 Å². The van der Waals surface area contributed by atoms with E-state index in [2.05, 4.69) is 33.4 Å². The van der Waals surface area contributed by atoms with Crippen LogP contribution in [0.4, 0.5) is 5.69 Å². The maximum atomic E-state index is 5.91. The van der Waals surface area contributed by atoms with Gasteiger partial charge < -0.3 is 14.8 Å². The minimum absolute atomic E-state index is 0.364. The molecule has 0 spiro atoms. The van der Waals surface area contributed by atoms with E-state index < -0.39 is 0 Å². The van der Waals surface area contributed by atoms with Crippen LogP contribution in [0.2, 0.25) is 0 Å². The van der Waals surface area contributed by atoms with E-state index in [4.69, 9.17) is 9.47 Å². The quantitative estimate of drug-likeness (QED) is 0.805. The van der Waals surface area contributed by atoms with Gasteiger partial charge in [0.25, 0.3) is 0 Å². The van der Waals surface area contributed by atoms with E-state index in [-0.39, 0.29) is 0 Å². The molecular weight excluding hydrogens is 306 g/mol. The fourth-order valence-electron chi connectivity index (χ4n) is 2.49. The van der Waals surface area contributed by atoms with Gasteiger partial charge in [0.15, 0.2) is 0 Å². The Morgan fingerprint density at radius 2 is 2.16 bits per heavy atom. The fraction of sp³-hybridized carbons (Fsp3) is 0.600. The van der Waals surface area contributed by atoms with Gasteiger partial charge in [-0.15, -0.1) is 0 Å². The molecule has 1 aromatic carbocycles. The molecule has 0 saturated heterocycles. The molecule has 0 radical (unpaired) electrons. The topological polar surface area (TPSA) is 30.5 Å². The third-order valence-electron chi connectivity index (χ3n) is 3.52. The van der Waals surface area contributed by atoms with Crippen molar-refractivity contribution in [3.8, 4) is 0 Å². The second-order valence-electron chi connectivity index (χ2n) is 4.95. The number of anilines is 1. The van der Waals surface area contributed by atoms with Gasteiger partial charge in [-0.2, -0.15) is 0 Å². The molecule has 0 bridgehead atoms. The van der Waals surface area contributed by atoms with E-state index in [1.54, 1.807) is 7.11 Å². The van der Waals surface area contributed by atoms with Gasteiger partial charge in [0.05, 0.1) is 18.8 Å². The number of ether oxygens (including phenoxy) is 2. The van der Waals surface area contributed by atoms with Crippen LogP contribution in [-0.4, -0.2) is 32.5 Å². The van der Waals surface area contributed by atoms with E-state index in [1.807, 2.05) is 12.1 Å². The summed E-state index contributed by atoms with van der Waals surface area (Å²) in [4.78, 5) is 0. The van der Waals surface area contributed by atoms with Crippen LogP contribution in [0.5, 0.6) is 0 Å². The zero-order valence-corrected chi connectivity index (χ0v) is 13.0. The highest BCUT2D eigenvalue weighted by molar-refractivity contribution is 9.10.